The van der Waals surface area contributed by atoms with Gasteiger partial charge in [-0.15, -0.1) is 0 Å². The third-order valence-corrected chi connectivity index (χ3v) is 7.19. The van der Waals surface area contributed by atoms with E-state index in [0.717, 1.165) is 72.2 Å². The Morgan fingerprint density at radius 1 is 0.791 bits per heavy atom. The third-order valence-electron chi connectivity index (χ3n) is 7.19. The Kier molecular flexibility index (Phi) is 13.5. The largest absolute Gasteiger partial charge is 0.494 e. The van der Waals surface area contributed by atoms with Gasteiger partial charge in [0.1, 0.15) is 17.3 Å². The Morgan fingerprint density at radius 3 is 2.26 bits per heavy atom. The number of hydrogen-bond acceptors (Lipinski definition) is 5. The molecule has 232 valence electrons. The van der Waals surface area contributed by atoms with E-state index >= 15 is 0 Å². The summed E-state index contributed by atoms with van der Waals surface area (Å²) < 4.78 is 26.2. The number of carbonyl (C=O) groups is 2. The van der Waals surface area contributed by atoms with Gasteiger partial charge in [0.05, 0.1) is 13.2 Å². The molecule has 0 atom stereocenters. The molecule has 0 aliphatic rings. The minimum atomic E-state index is -0.865. The highest BCUT2D eigenvalue weighted by Gasteiger charge is 2.12. The van der Waals surface area contributed by atoms with E-state index in [1.165, 1.54) is 0 Å². The Morgan fingerprint density at radius 2 is 1.53 bits per heavy atom. The lowest BCUT2D eigenvalue weighted by atomic mass is 9.97. The second kappa shape index (κ2) is 17.3. The third kappa shape index (κ3) is 11.7. The predicted octanol–water partition coefficient (Wildman–Crippen LogP) is 7.31. The molecule has 3 aromatic rings. The molecule has 3 rings (SSSR count). The van der Waals surface area contributed by atoms with E-state index in [9.17, 15) is 19.1 Å². The van der Waals surface area contributed by atoms with Crippen LogP contribution < -0.4 is 9.47 Å². The maximum Gasteiger partial charge on any atom is 0.303 e. The fourth-order valence-electron chi connectivity index (χ4n) is 5.00. The van der Waals surface area contributed by atoms with Crippen molar-refractivity contribution in [2.75, 3.05) is 27.3 Å². The lowest BCUT2D eigenvalue weighted by molar-refractivity contribution is -0.138. The van der Waals surface area contributed by atoms with E-state index in [4.69, 9.17) is 14.6 Å². The van der Waals surface area contributed by atoms with E-state index in [0.29, 0.717) is 30.8 Å². The Bertz CT molecular complexity index is 1360. The van der Waals surface area contributed by atoms with Crippen LogP contribution in [0, 0.1) is 12.7 Å². The number of aryl methyl sites for hydroxylation is 2. The highest BCUT2D eigenvalue weighted by molar-refractivity contribution is 5.68. The van der Waals surface area contributed by atoms with Gasteiger partial charge >= 0.3 is 11.9 Å². The number of carboxylic acids is 2. The highest BCUT2D eigenvalue weighted by atomic mass is 19.1. The van der Waals surface area contributed by atoms with E-state index in [1.807, 2.05) is 50.5 Å². The van der Waals surface area contributed by atoms with Crippen LogP contribution >= 0.6 is 0 Å². The standard InChI is InChI=1S/C35H44FNO6/c1-25-14-15-28(23-32(25)36)29-20-26(24-37(2)3)21-30(22-29)42-18-7-5-4-6-10-27-11-8-12-33(31(27)16-17-35(40)41)43-19-9-13-34(38)39/h8,11-12,14-15,20-23H,4-7,9-10,13,16-19,24H2,1-3H3,(H,38,39)(H,40,41). The molecule has 0 spiro atoms. The minimum Gasteiger partial charge on any atom is -0.494 e. The fourth-order valence-corrected chi connectivity index (χ4v) is 5.00. The van der Waals surface area contributed by atoms with Crippen molar-refractivity contribution >= 4 is 11.9 Å². The molecule has 0 saturated heterocycles. The normalized spacial score (nSPS) is 11.1. The molecule has 0 heterocycles. The first-order valence-corrected chi connectivity index (χ1v) is 15.0. The van der Waals surface area contributed by atoms with Gasteiger partial charge in [0.25, 0.3) is 0 Å². The fraction of sp³-hybridized carbons (Fsp3) is 0.429. The Labute approximate surface area is 254 Å². The molecule has 8 heteroatoms. The number of aliphatic carboxylic acids is 2. The molecule has 7 nitrogen and oxygen atoms in total. The van der Waals surface area contributed by atoms with Crippen molar-refractivity contribution in [1.29, 1.82) is 0 Å². The summed E-state index contributed by atoms with van der Waals surface area (Å²) in [5, 5.41) is 18.1. The monoisotopic (exact) mass is 593 g/mol. The number of hydrogen-bond donors (Lipinski definition) is 2. The van der Waals surface area contributed by atoms with E-state index in [1.54, 1.807) is 19.1 Å². The average molecular weight is 594 g/mol. The van der Waals surface area contributed by atoms with E-state index in [2.05, 4.69) is 11.0 Å². The van der Waals surface area contributed by atoms with Crippen LogP contribution in [0.15, 0.2) is 54.6 Å². The molecular formula is C35H44FNO6. The maximum atomic E-state index is 14.2. The zero-order valence-electron chi connectivity index (χ0n) is 25.5. The van der Waals surface area contributed by atoms with Gasteiger partial charge in [0.15, 0.2) is 0 Å². The van der Waals surface area contributed by atoms with Crippen LogP contribution in [0.25, 0.3) is 11.1 Å². The topological polar surface area (TPSA) is 96.3 Å². The minimum absolute atomic E-state index is 0.0101. The lowest BCUT2D eigenvalue weighted by Gasteiger charge is -2.16. The summed E-state index contributed by atoms with van der Waals surface area (Å²) in [6, 6.07) is 17.2. The lowest BCUT2D eigenvalue weighted by Crippen LogP contribution is -2.11. The smallest absolute Gasteiger partial charge is 0.303 e. The number of benzene rings is 3. The average Bonchev–Trinajstić information content (AvgIpc) is 2.95. The zero-order valence-corrected chi connectivity index (χ0v) is 25.5. The first-order valence-electron chi connectivity index (χ1n) is 15.0. The molecule has 0 radical (unpaired) electrons. The van der Waals surface area contributed by atoms with Gasteiger partial charge in [-0.25, -0.2) is 4.39 Å². The number of ether oxygens (including phenoxy) is 2. The van der Waals surface area contributed by atoms with Crippen molar-refractivity contribution in [1.82, 2.24) is 4.90 Å². The first-order chi connectivity index (χ1) is 20.6. The highest BCUT2D eigenvalue weighted by Crippen LogP contribution is 2.29. The SMILES string of the molecule is Cc1ccc(-c2cc(CN(C)C)cc(OCCCCCCc3cccc(OCCCC(=O)O)c3CCC(=O)O)c2)cc1F. The summed E-state index contributed by atoms with van der Waals surface area (Å²) in [6.07, 6.45) is 5.45. The summed E-state index contributed by atoms with van der Waals surface area (Å²) in [4.78, 5) is 24.1. The second-order valence-corrected chi connectivity index (χ2v) is 11.2. The number of nitrogens with zero attached hydrogens (tertiary/aromatic N) is 1. The van der Waals surface area contributed by atoms with Crippen LogP contribution in [0.3, 0.4) is 0 Å². The van der Waals surface area contributed by atoms with Crippen LogP contribution in [0.2, 0.25) is 0 Å². The molecule has 43 heavy (non-hydrogen) atoms. The van der Waals surface area contributed by atoms with Gasteiger partial charge in [-0.3, -0.25) is 9.59 Å². The quantitative estimate of drug-likeness (QED) is 0.141. The van der Waals surface area contributed by atoms with Crippen LogP contribution in [0.1, 0.15) is 67.2 Å². The predicted molar refractivity (Wildman–Crippen MR) is 166 cm³/mol. The van der Waals surface area contributed by atoms with Gasteiger partial charge in [0, 0.05) is 19.4 Å². The van der Waals surface area contributed by atoms with Gasteiger partial charge in [-0.1, -0.05) is 37.1 Å². The summed E-state index contributed by atoms with van der Waals surface area (Å²) in [5.41, 5.74) is 5.45. The molecule has 0 bridgehead atoms. The summed E-state index contributed by atoms with van der Waals surface area (Å²) in [5.74, 6) is -0.533. The van der Waals surface area contributed by atoms with Crippen LogP contribution in [0.5, 0.6) is 11.5 Å². The van der Waals surface area contributed by atoms with Crippen molar-refractivity contribution in [2.24, 2.45) is 0 Å². The molecule has 0 aliphatic carbocycles. The van der Waals surface area contributed by atoms with Crippen molar-refractivity contribution in [3.05, 3.63) is 82.7 Å². The summed E-state index contributed by atoms with van der Waals surface area (Å²) in [6.45, 7) is 3.36. The van der Waals surface area contributed by atoms with Gasteiger partial charge < -0.3 is 24.6 Å². The van der Waals surface area contributed by atoms with Crippen molar-refractivity contribution in [3.8, 4) is 22.6 Å². The number of halogens is 1. The molecule has 0 fully saturated rings. The molecular weight excluding hydrogens is 549 g/mol. The first kappa shape index (κ1) is 33.6. The van der Waals surface area contributed by atoms with Gasteiger partial charge in [-0.2, -0.15) is 0 Å². The molecule has 3 aromatic carbocycles. The van der Waals surface area contributed by atoms with E-state index < -0.39 is 11.9 Å². The molecule has 0 unspecified atom stereocenters. The zero-order chi connectivity index (χ0) is 31.2. The Balaban J connectivity index is 1.53. The second-order valence-electron chi connectivity index (χ2n) is 11.2. The summed E-state index contributed by atoms with van der Waals surface area (Å²) in [7, 11) is 4.03. The van der Waals surface area contributed by atoms with Gasteiger partial charge in [0.2, 0.25) is 0 Å². The number of carboxylic acid groups (broad SMARTS) is 2. The van der Waals surface area contributed by atoms with Crippen LogP contribution in [0.4, 0.5) is 4.39 Å². The van der Waals surface area contributed by atoms with Gasteiger partial charge in [-0.05, 0) is 117 Å². The van der Waals surface area contributed by atoms with Crippen molar-refractivity contribution < 1.29 is 33.7 Å². The number of rotatable bonds is 19. The van der Waals surface area contributed by atoms with Crippen molar-refractivity contribution in [2.45, 2.75) is 71.3 Å². The molecule has 0 aliphatic heterocycles. The maximum absolute atomic E-state index is 14.2. The molecule has 0 saturated carbocycles. The summed E-state index contributed by atoms with van der Waals surface area (Å²) >= 11 is 0. The Hall–Kier alpha value is -3.91. The van der Waals surface area contributed by atoms with E-state index in [-0.39, 0.29) is 25.3 Å². The van der Waals surface area contributed by atoms with Crippen molar-refractivity contribution in [3.63, 3.8) is 0 Å². The number of unbranched alkanes of at least 4 members (excludes halogenated alkanes) is 3. The molecule has 0 amide bonds. The molecule has 2 N–H and O–H groups in total. The van der Waals surface area contributed by atoms with Crippen LogP contribution in [-0.2, 0) is 29.0 Å². The van der Waals surface area contributed by atoms with Crippen LogP contribution in [-0.4, -0.2) is 54.4 Å². The molecule has 0 aromatic heterocycles.